The number of nitrogens with two attached hydrogens (primary N) is 1. The van der Waals surface area contributed by atoms with Gasteiger partial charge < -0.3 is 20.1 Å². The zero-order valence-corrected chi connectivity index (χ0v) is 15.2. The van der Waals surface area contributed by atoms with Crippen molar-refractivity contribution < 1.29 is 9.47 Å². The third-order valence-corrected chi connectivity index (χ3v) is 4.83. The fourth-order valence-electron chi connectivity index (χ4n) is 3.25. The maximum absolute atomic E-state index is 12.5. The highest BCUT2D eigenvalue weighted by molar-refractivity contribution is 5.44. The number of anilines is 1. The van der Waals surface area contributed by atoms with Crippen LogP contribution in [-0.4, -0.2) is 48.6 Å². The van der Waals surface area contributed by atoms with Crippen molar-refractivity contribution in [2.24, 2.45) is 11.7 Å². The first-order valence-electron chi connectivity index (χ1n) is 8.74. The molecule has 0 bridgehead atoms. The van der Waals surface area contributed by atoms with Crippen LogP contribution >= 0.6 is 0 Å². The van der Waals surface area contributed by atoms with Crippen molar-refractivity contribution in [3.63, 3.8) is 0 Å². The summed E-state index contributed by atoms with van der Waals surface area (Å²) in [6, 6.07) is 3.34. The lowest BCUT2D eigenvalue weighted by Crippen LogP contribution is -2.37. The molecule has 2 aromatic rings. The molecule has 1 aliphatic rings. The number of methoxy groups -OCH3 is 2. The molecular formula is C18H25N5O3. The zero-order chi connectivity index (χ0) is 18.5. The highest BCUT2D eigenvalue weighted by Crippen LogP contribution is 2.29. The molecule has 0 aromatic carbocycles. The molecule has 0 amide bonds. The second-order valence-electron chi connectivity index (χ2n) is 6.37. The van der Waals surface area contributed by atoms with Crippen molar-refractivity contribution >= 4 is 5.69 Å². The standard InChI is InChI=1S/C18H25N5O3/c1-25-16-3-6-20-15(18(16)26-2)12-23-17(24)9-14(11-21-23)22-7-4-13(10-19)5-8-22/h3,6,9,11,13H,4-5,7-8,10,12,19H2,1-2H3. The molecule has 0 aliphatic carbocycles. The highest BCUT2D eigenvalue weighted by Gasteiger charge is 2.19. The van der Waals surface area contributed by atoms with Gasteiger partial charge in [-0.15, -0.1) is 0 Å². The summed E-state index contributed by atoms with van der Waals surface area (Å²) < 4.78 is 12.0. The first kappa shape index (κ1) is 18.2. The Morgan fingerprint density at radius 3 is 2.65 bits per heavy atom. The van der Waals surface area contributed by atoms with E-state index < -0.39 is 0 Å². The van der Waals surface area contributed by atoms with Crippen LogP contribution < -0.4 is 25.7 Å². The summed E-state index contributed by atoms with van der Waals surface area (Å²) in [5.41, 5.74) is 7.02. The molecule has 3 heterocycles. The average Bonchev–Trinajstić information content (AvgIpc) is 2.69. The fourth-order valence-corrected chi connectivity index (χ4v) is 3.25. The summed E-state index contributed by atoms with van der Waals surface area (Å²) in [7, 11) is 3.11. The van der Waals surface area contributed by atoms with E-state index in [1.807, 2.05) is 0 Å². The van der Waals surface area contributed by atoms with Crippen LogP contribution in [0, 0.1) is 5.92 Å². The lowest BCUT2D eigenvalue weighted by molar-refractivity contribution is 0.347. The van der Waals surface area contributed by atoms with Crippen LogP contribution in [0.5, 0.6) is 11.5 Å². The van der Waals surface area contributed by atoms with E-state index in [9.17, 15) is 4.79 Å². The van der Waals surface area contributed by atoms with Gasteiger partial charge in [-0.05, 0) is 25.3 Å². The predicted molar refractivity (Wildman–Crippen MR) is 98.9 cm³/mol. The van der Waals surface area contributed by atoms with Gasteiger partial charge in [0, 0.05) is 31.4 Å². The number of aromatic nitrogens is 3. The third-order valence-electron chi connectivity index (χ3n) is 4.83. The maximum Gasteiger partial charge on any atom is 0.269 e. The van der Waals surface area contributed by atoms with Gasteiger partial charge in [0.05, 0.1) is 32.6 Å². The van der Waals surface area contributed by atoms with Crippen LogP contribution in [0.3, 0.4) is 0 Å². The van der Waals surface area contributed by atoms with E-state index >= 15 is 0 Å². The summed E-state index contributed by atoms with van der Waals surface area (Å²) >= 11 is 0. The molecule has 8 heteroatoms. The minimum absolute atomic E-state index is 0.171. The van der Waals surface area contributed by atoms with Gasteiger partial charge in [0.15, 0.2) is 11.5 Å². The molecule has 0 spiro atoms. The van der Waals surface area contributed by atoms with Gasteiger partial charge in [0.2, 0.25) is 0 Å². The molecule has 1 saturated heterocycles. The minimum atomic E-state index is -0.171. The number of ether oxygens (including phenoxy) is 2. The Hall–Kier alpha value is -2.61. The topological polar surface area (TPSA) is 95.5 Å². The van der Waals surface area contributed by atoms with Crippen LogP contribution in [0.1, 0.15) is 18.5 Å². The number of nitrogens with zero attached hydrogens (tertiary/aromatic N) is 4. The zero-order valence-electron chi connectivity index (χ0n) is 15.2. The van der Waals surface area contributed by atoms with Gasteiger partial charge in [-0.2, -0.15) is 5.10 Å². The number of pyridine rings is 1. The van der Waals surface area contributed by atoms with Crippen LogP contribution in [-0.2, 0) is 6.54 Å². The van der Waals surface area contributed by atoms with Crippen molar-refractivity contribution in [2.75, 3.05) is 38.8 Å². The number of hydrogen-bond acceptors (Lipinski definition) is 7. The Morgan fingerprint density at radius 1 is 1.27 bits per heavy atom. The van der Waals surface area contributed by atoms with Crippen LogP contribution in [0.4, 0.5) is 5.69 Å². The van der Waals surface area contributed by atoms with Crippen molar-refractivity contribution in [3.05, 3.63) is 40.6 Å². The Morgan fingerprint density at radius 2 is 2.04 bits per heavy atom. The molecule has 8 nitrogen and oxygen atoms in total. The molecule has 1 aliphatic heterocycles. The third kappa shape index (κ3) is 3.80. The van der Waals surface area contributed by atoms with Crippen molar-refractivity contribution in [3.8, 4) is 11.5 Å². The lowest BCUT2D eigenvalue weighted by Gasteiger charge is -2.32. The van der Waals surface area contributed by atoms with Crippen LogP contribution in [0.15, 0.2) is 29.3 Å². The van der Waals surface area contributed by atoms with Gasteiger partial charge in [-0.1, -0.05) is 0 Å². The Labute approximate surface area is 152 Å². The summed E-state index contributed by atoms with van der Waals surface area (Å²) in [4.78, 5) is 19.0. The second kappa shape index (κ2) is 8.18. The molecule has 0 atom stereocenters. The van der Waals surface area contributed by atoms with Crippen LogP contribution in [0.25, 0.3) is 0 Å². The summed E-state index contributed by atoms with van der Waals surface area (Å²) in [6.45, 7) is 2.74. The molecule has 2 N–H and O–H groups in total. The molecule has 3 rings (SSSR count). The van der Waals surface area contributed by atoms with Crippen molar-refractivity contribution in [1.29, 1.82) is 0 Å². The molecular weight excluding hydrogens is 334 g/mol. The van der Waals surface area contributed by atoms with E-state index in [2.05, 4.69) is 15.0 Å². The molecule has 0 saturated carbocycles. The largest absolute Gasteiger partial charge is 0.493 e. The molecule has 140 valence electrons. The normalized spacial score (nSPS) is 15.1. The van der Waals surface area contributed by atoms with Crippen LogP contribution in [0.2, 0.25) is 0 Å². The summed E-state index contributed by atoms with van der Waals surface area (Å²) in [5, 5.41) is 4.32. The van der Waals surface area contributed by atoms with Gasteiger partial charge in [0.1, 0.15) is 5.69 Å². The Bertz CT molecular complexity index is 800. The van der Waals surface area contributed by atoms with E-state index in [0.717, 1.165) is 38.2 Å². The van der Waals surface area contributed by atoms with E-state index in [0.29, 0.717) is 23.1 Å². The predicted octanol–water partition coefficient (Wildman–Crippen LogP) is 0.879. The molecule has 26 heavy (non-hydrogen) atoms. The molecule has 0 unspecified atom stereocenters. The average molecular weight is 359 g/mol. The first-order valence-corrected chi connectivity index (χ1v) is 8.74. The Balaban J connectivity index is 1.78. The minimum Gasteiger partial charge on any atom is -0.493 e. The van der Waals surface area contributed by atoms with Gasteiger partial charge in [-0.3, -0.25) is 9.78 Å². The Kier molecular flexibility index (Phi) is 5.72. The molecule has 2 aromatic heterocycles. The summed E-state index contributed by atoms with van der Waals surface area (Å²) in [6.07, 6.45) is 5.45. The summed E-state index contributed by atoms with van der Waals surface area (Å²) in [5.74, 6) is 1.66. The molecule has 0 radical (unpaired) electrons. The van der Waals surface area contributed by atoms with E-state index in [1.54, 1.807) is 38.7 Å². The smallest absolute Gasteiger partial charge is 0.269 e. The number of hydrogen-bond donors (Lipinski definition) is 1. The van der Waals surface area contributed by atoms with E-state index in [-0.39, 0.29) is 12.1 Å². The maximum atomic E-state index is 12.5. The van der Waals surface area contributed by atoms with Gasteiger partial charge in [0.25, 0.3) is 5.56 Å². The monoisotopic (exact) mass is 359 g/mol. The SMILES string of the molecule is COc1ccnc(Cn2ncc(N3CCC(CN)CC3)cc2=O)c1OC. The molecule has 1 fully saturated rings. The fraction of sp³-hybridized carbons (Fsp3) is 0.500. The van der Waals surface area contributed by atoms with Gasteiger partial charge >= 0.3 is 0 Å². The highest BCUT2D eigenvalue weighted by atomic mass is 16.5. The number of rotatable bonds is 6. The second-order valence-corrected chi connectivity index (χ2v) is 6.37. The lowest BCUT2D eigenvalue weighted by atomic mass is 9.97. The van der Waals surface area contributed by atoms with Crippen molar-refractivity contribution in [1.82, 2.24) is 14.8 Å². The van der Waals surface area contributed by atoms with Crippen molar-refractivity contribution in [2.45, 2.75) is 19.4 Å². The van der Waals surface area contributed by atoms with E-state index in [4.69, 9.17) is 15.2 Å². The first-order chi connectivity index (χ1) is 12.7. The number of piperidine rings is 1. The van der Waals surface area contributed by atoms with E-state index in [1.165, 1.54) is 4.68 Å². The quantitative estimate of drug-likeness (QED) is 0.818. The van der Waals surface area contributed by atoms with Gasteiger partial charge in [-0.25, -0.2) is 4.68 Å².